The van der Waals surface area contributed by atoms with Crippen molar-refractivity contribution in [2.75, 3.05) is 5.32 Å². The first kappa shape index (κ1) is 13.1. The third-order valence-electron chi connectivity index (χ3n) is 4.22. The van der Waals surface area contributed by atoms with E-state index < -0.39 is 0 Å². The first-order valence-corrected chi connectivity index (χ1v) is 7.22. The van der Waals surface area contributed by atoms with Gasteiger partial charge in [0.2, 0.25) is 0 Å². The van der Waals surface area contributed by atoms with Crippen LogP contribution in [0.3, 0.4) is 0 Å². The molecule has 1 aliphatic rings. The zero-order chi connectivity index (χ0) is 14.1. The van der Waals surface area contributed by atoms with Crippen LogP contribution in [0.5, 0.6) is 0 Å². The molecule has 0 bridgehead atoms. The van der Waals surface area contributed by atoms with Crippen molar-refractivity contribution >= 4 is 5.82 Å². The van der Waals surface area contributed by atoms with Gasteiger partial charge in [0.25, 0.3) is 0 Å². The van der Waals surface area contributed by atoms with E-state index in [1.165, 1.54) is 35.4 Å². The maximum atomic E-state index is 4.45. The molecule has 0 aromatic carbocycles. The van der Waals surface area contributed by atoms with Crippen LogP contribution in [0, 0.1) is 13.8 Å². The average Bonchev–Trinajstić information content (AvgIpc) is 2.70. The summed E-state index contributed by atoms with van der Waals surface area (Å²) in [5, 5.41) is 7.93. The van der Waals surface area contributed by atoms with Gasteiger partial charge >= 0.3 is 0 Å². The molecule has 1 N–H and O–H groups in total. The number of nitrogens with one attached hydrogen (secondary N) is 1. The lowest BCUT2D eigenvalue weighted by molar-refractivity contribution is 0.663. The smallest absolute Gasteiger partial charge is 0.133 e. The highest BCUT2D eigenvalue weighted by atomic mass is 15.3. The lowest BCUT2D eigenvalue weighted by Crippen LogP contribution is -2.12. The summed E-state index contributed by atoms with van der Waals surface area (Å²) in [5.41, 5.74) is 6.07. The summed E-state index contributed by atoms with van der Waals surface area (Å²) in [6, 6.07) is 0. The summed E-state index contributed by atoms with van der Waals surface area (Å²) in [6.45, 7) is 4.93. The summed E-state index contributed by atoms with van der Waals surface area (Å²) in [5.74, 6) is 0.998. The summed E-state index contributed by atoms with van der Waals surface area (Å²) in [4.78, 5) is 8.83. The van der Waals surface area contributed by atoms with E-state index in [0.717, 1.165) is 30.9 Å². The van der Waals surface area contributed by atoms with Crippen molar-refractivity contribution < 1.29 is 0 Å². The minimum atomic E-state index is 0.773. The van der Waals surface area contributed by atoms with Gasteiger partial charge in [-0.3, -0.25) is 4.68 Å². The van der Waals surface area contributed by atoms with Gasteiger partial charge in [-0.25, -0.2) is 9.97 Å². The number of rotatable bonds is 3. The Labute approximate surface area is 119 Å². The number of hydrogen-bond acceptors (Lipinski definition) is 4. The third kappa shape index (κ3) is 2.28. The standard InChI is InChI=1S/C15H21N5/c1-10-13(11(2)20(3)19-10)8-16-15-12-6-4-5-7-14(12)17-9-18-15/h9H,4-8H2,1-3H3,(H,16,17,18). The van der Waals surface area contributed by atoms with Crippen molar-refractivity contribution in [1.29, 1.82) is 0 Å². The van der Waals surface area contributed by atoms with Crippen LogP contribution in [0.15, 0.2) is 6.33 Å². The van der Waals surface area contributed by atoms with Crippen molar-refractivity contribution in [3.63, 3.8) is 0 Å². The largest absolute Gasteiger partial charge is 0.366 e. The molecule has 3 rings (SSSR count). The predicted molar refractivity (Wildman–Crippen MR) is 78.7 cm³/mol. The fourth-order valence-corrected chi connectivity index (χ4v) is 2.92. The maximum absolute atomic E-state index is 4.45. The molecule has 0 aliphatic heterocycles. The van der Waals surface area contributed by atoms with Crippen LogP contribution in [-0.2, 0) is 26.4 Å². The molecule has 5 nitrogen and oxygen atoms in total. The van der Waals surface area contributed by atoms with E-state index in [4.69, 9.17) is 0 Å². The molecule has 2 aromatic rings. The Kier molecular flexibility index (Phi) is 3.42. The number of anilines is 1. The van der Waals surface area contributed by atoms with E-state index in [1.54, 1.807) is 6.33 Å². The second-order valence-electron chi connectivity index (χ2n) is 5.48. The van der Waals surface area contributed by atoms with Gasteiger partial charge < -0.3 is 5.32 Å². The van der Waals surface area contributed by atoms with E-state index in [1.807, 2.05) is 11.7 Å². The molecule has 20 heavy (non-hydrogen) atoms. The van der Waals surface area contributed by atoms with Gasteiger partial charge in [-0.05, 0) is 39.5 Å². The molecule has 0 spiro atoms. The van der Waals surface area contributed by atoms with Crippen molar-refractivity contribution in [3.8, 4) is 0 Å². The van der Waals surface area contributed by atoms with Gasteiger partial charge in [-0.15, -0.1) is 0 Å². The highest BCUT2D eigenvalue weighted by molar-refractivity contribution is 5.47. The molecule has 0 unspecified atom stereocenters. The zero-order valence-corrected chi connectivity index (χ0v) is 12.4. The van der Waals surface area contributed by atoms with Crippen LogP contribution in [0.1, 0.15) is 41.1 Å². The quantitative estimate of drug-likeness (QED) is 0.930. The number of aromatic nitrogens is 4. The van der Waals surface area contributed by atoms with Crippen molar-refractivity contribution in [2.45, 2.75) is 46.1 Å². The van der Waals surface area contributed by atoms with Crippen molar-refractivity contribution in [2.24, 2.45) is 7.05 Å². The Morgan fingerprint density at radius 3 is 2.75 bits per heavy atom. The van der Waals surface area contributed by atoms with Crippen molar-refractivity contribution in [1.82, 2.24) is 19.7 Å². The molecule has 0 saturated carbocycles. The summed E-state index contributed by atoms with van der Waals surface area (Å²) in [6.07, 6.45) is 6.32. The summed E-state index contributed by atoms with van der Waals surface area (Å²) < 4.78 is 1.93. The first-order chi connectivity index (χ1) is 9.66. The normalized spacial score (nSPS) is 14.2. The highest BCUT2D eigenvalue weighted by Crippen LogP contribution is 2.25. The Bertz CT molecular complexity index is 629. The fourth-order valence-electron chi connectivity index (χ4n) is 2.92. The lowest BCUT2D eigenvalue weighted by atomic mass is 9.96. The van der Waals surface area contributed by atoms with E-state index in [-0.39, 0.29) is 0 Å². The molecule has 0 saturated heterocycles. The number of aryl methyl sites for hydroxylation is 3. The van der Waals surface area contributed by atoms with E-state index in [0.29, 0.717) is 0 Å². The van der Waals surface area contributed by atoms with Gasteiger partial charge in [0.15, 0.2) is 0 Å². The molecule has 1 aliphatic carbocycles. The molecule has 106 valence electrons. The third-order valence-corrected chi connectivity index (χ3v) is 4.22. The zero-order valence-electron chi connectivity index (χ0n) is 12.4. The SMILES string of the molecule is Cc1nn(C)c(C)c1CNc1ncnc2c1CCCC2. The molecule has 0 atom stereocenters. The topological polar surface area (TPSA) is 55.6 Å². The Balaban J connectivity index is 1.82. The fraction of sp³-hybridized carbons (Fsp3) is 0.533. The van der Waals surface area contributed by atoms with Crippen molar-refractivity contribution in [3.05, 3.63) is 34.5 Å². The van der Waals surface area contributed by atoms with Crippen LogP contribution in [0.4, 0.5) is 5.82 Å². The average molecular weight is 271 g/mol. The molecular weight excluding hydrogens is 250 g/mol. The van der Waals surface area contributed by atoms with E-state index >= 15 is 0 Å². The molecule has 5 heteroatoms. The molecule has 2 aromatic heterocycles. The van der Waals surface area contributed by atoms with Gasteiger partial charge in [0.05, 0.1) is 5.69 Å². The minimum absolute atomic E-state index is 0.773. The van der Waals surface area contributed by atoms with Crippen LogP contribution in [0.25, 0.3) is 0 Å². The monoisotopic (exact) mass is 271 g/mol. The molecular formula is C15H21N5. The Morgan fingerprint density at radius 1 is 1.20 bits per heavy atom. The minimum Gasteiger partial charge on any atom is -0.366 e. The lowest BCUT2D eigenvalue weighted by Gasteiger charge is -2.18. The molecule has 2 heterocycles. The van der Waals surface area contributed by atoms with Gasteiger partial charge in [-0.2, -0.15) is 5.10 Å². The van der Waals surface area contributed by atoms with Gasteiger partial charge in [0.1, 0.15) is 12.1 Å². The number of hydrogen-bond donors (Lipinski definition) is 1. The van der Waals surface area contributed by atoms with Crippen LogP contribution in [0.2, 0.25) is 0 Å². The Morgan fingerprint density at radius 2 is 2.00 bits per heavy atom. The van der Waals surface area contributed by atoms with E-state index in [2.05, 4.69) is 34.2 Å². The highest BCUT2D eigenvalue weighted by Gasteiger charge is 2.16. The van der Waals surface area contributed by atoms with E-state index in [9.17, 15) is 0 Å². The second kappa shape index (κ2) is 5.23. The Hall–Kier alpha value is -1.91. The van der Waals surface area contributed by atoms with Crippen LogP contribution in [-0.4, -0.2) is 19.7 Å². The van der Waals surface area contributed by atoms with Crippen LogP contribution >= 0.6 is 0 Å². The summed E-state index contributed by atoms with van der Waals surface area (Å²) >= 11 is 0. The predicted octanol–water partition coefficient (Wildman–Crippen LogP) is 2.32. The van der Waals surface area contributed by atoms with Gasteiger partial charge in [0, 0.05) is 36.1 Å². The number of nitrogens with zero attached hydrogens (tertiary/aromatic N) is 4. The second-order valence-corrected chi connectivity index (χ2v) is 5.48. The molecule has 0 radical (unpaired) electrons. The first-order valence-electron chi connectivity index (χ1n) is 7.22. The summed E-state index contributed by atoms with van der Waals surface area (Å²) in [7, 11) is 1.98. The van der Waals surface area contributed by atoms with Crippen LogP contribution < -0.4 is 5.32 Å². The molecule has 0 amide bonds. The molecule has 0 fully saturated rings. The van der Waals surface area contributed by atoms with Gasteiger partial charge in [-0.1, -0.05) is 0 Å². The number of fused-ring (bicyclic) bond motifs is 1. The maximum Gasteiger partial charge on any atom is 0.133 e.